The van der Waals surface area contributed by atoms with Gasteiger partial charge in [-0.05, 0) is 45.3 Å². The molecule has 2 aliphatic heterocycles. The minimum atomic E-state index is -0.0930. The van der Waals surface area contributed by atoms with Crippen molar-refractivity contribution < 1.29 is 9.53 Å². The van der Waals surface area contributed by atoms with Crippen molar-refractivity contribution in [2.24, 2.45) is 5.41 Å². The van der Waals surface area contributed by atoms with Gasteiger partial charge < -0.3 is 19.9 Å². The van der Waals surface area contributed by atoms with Crippen molar-refractivity contribution in [3.8, 4) is 0 Å². The molecule has 2 saturated heterocycles. The molecule has 0 saturated carbocycles. The zero-order chi connectivity index (χ0) is 14.6. The molecule has 116 valence electrons. The molecule has 5 nitrogen and oxygen atoms in total. The van der Waals surface area contributed by atoms with Gasteiger partial charge in [-0.25, -0.2) is 0 Å². The van der Waals surface area contributed by atoms with Crippen molar-refractivity contribution in [2.45, 2.75) is 32.7 Å². The van der Waals surface area contributed by atoms with Crippen LogP contribution in [-0.2, 0) is 9.53 Å². The first-order valence-corrected chi connectivity index (χ1v) is 7.79. The van der Waals surface area contributed by atoms with Gasteiger partial charge in [0.15, 0.2) is 0 Å². The predicted molar refractivity (Wildman–Crippen MR) is 79.7 cm³/mol. The van der Waals surface area contributed by atoms with Gasteiger partial charge >= 0.3 is 0 Å². The van der Waals surface area contributed by atoms with Crippen molar-refractivity contribution in [1.82, 2.24) is 15.1 Å². The van der Waals surface area contributed by atoms with Crippen LogP contribution in [0.5, 0.6) is 0 Å². The topological polar surface area (TPSA) is 44.8 Å². The molecule has 20 heavy (non-hydrogen) atoms. The van der Waals surface area contributed by atoms with Crippen LogP contribution in [-0.4, -0.2) is 74.7 Å². The third-order valence-corrected chi connectivity index (χ3v) is 4.72. The third kappa shape index (κ3) is 4.17. The summed E-state index contributed by atoms with van der Waals surface area (Å²) < 4.78 is 5.29. The van der Waals surface area contributed by atoms with Gasteiger partial charge in [-0.15, -0.1) is 0 Å². The molecule has 2 rings (SSSR count). The fourth-order valence-corrected chi connectivity index (χ4v) is 2.88. The quantitative estimate of drug-likeness (QED) is 0.819. The molecule has 0 aromatic carbocycles. The number of carbonyl (C=O) groups excluding carboxylic acids is 1. The van der Waals surface area contributed by atoms with E-state index in [9.17, 15) is 4.79 Å². The molecule has 1 atom stereocenters. The average molecular weight is 283 g/mol. The Labute approximate surface area is 122 Å². The summed E-state index contributed by atoms with van der Waals surface area (Å²) in [6.45, 7) is 10.4. The summed E-state index contributed by atoms with van der Waals surface area (Å²) in [5.41, 5.74) is 0.325. The third-order valence-electron chi connectivity index (χ3n) is 4.72. The molecular weight excluding hydrogens is 254 g/mol. The summed E-state index contributed by atoms with van der Waals surface area (Å²) in [4.78, 5) is 16.6. The number of amides is 1. The van der Waals surface area contributed by atoms with E-state index >= 15 is 0 Å². The van der Waals surface area contributed by atoms with Gasteiger partial charge in [0.05, 0.1) is 19.3 Å². The number of hydrogen-bond acceptors (Lipinski definition) is 4. The van der Waals surface area contributed by atoms with Crippen molar-refractivity contribution in [2.75, 3.05) is 53.0 Å². The Bertz CT molecular complexity index is 321. The van der Waals surface area contributed by atoms with Crippen molar-refractivity contribution in [3.05, 3.63) is 0 Å². The van der Waals surface area contributed by atoms with Gasteiger partial charge in [-0.3, -0.25) is 4.79 Å². The molecule has 2 heterocycles. The Kier molecular flexibility index (Phi) is 5.41. The average Bonchev–Trinajstić information content (AvgIpc) is 2.48. The Morgan fingerprint density at radius 3 is 2.45 bits per heavy atom. The lowest BCUT2D eigenvalue weighted by molar-refractivity contribution is -0.137. The van der Waals surface area contributed by atoms with Crippen LogP contribution in [0, 0.1) is 5.41 Å². The number of carbonyl (C=O) groups is 1. The van der Waals surface area contributed by atoms with E-state index < -0.39 is 0 Å². The fourth-order valence-electron chi connectivity index (χ4n) is 2.88. The molecule has 0 aliphatic carbocycles. The summed E-state index contributed by atoms with van der Waals surface area (Å²) in [5, 5.41) is 3.45. The van der Waals surface area contributed by atoms with E-state index in [2.05, 4.69) is 24.2 Å². The maximum absolute atomic E-state index is 12.3. The van der Waals surface area contributed by atoms with Gasteiger partial charge in [0.2, 0.25) is 5.91 Å². The minimum Gasteiger partial charge on any atom is -0.378 e. The molecule has 0 radical (unpaired) electrons. The Morgan fingerprint density at radius 1 is 1.25 bits per heavy atom. The second-order valence-electron chi connectivity index (χ2n) is 6.65. The SMILES string of the molecule is CC(NCC1(C)CCN(C)CC1)C(=O)N1CCOCC1. The van der Waals surface area contributed by atoms with Gasteiger partial charge in [0.1, 0.15) is 0 Å². The van der Waals surface area contributed by atoms with Gasteiger partial charge in [-0.1, -0.05) is 6.92 Å². The highest BCUT2D eigenvalue weighted by Gasteiger charge is 2.30. The normalized spacial score (nSPS) is 25.4. The molecule has 2 aliphatic rings. The van der Waals surface area contributed by atoms with Crippen LogP contribution in [0.25, 0.3) is 0 Å². The van der Waals surface area contributed by atoms with Crippen LogP contribution in [0.4, 0.5) is 0 Å². The zero-order valence-corrected chi connectivity index (χ0v) is 13.2. The second kappa shape index (κ2) is 6.87. The number of piperidine rings is 1. The van der Waals surface area contributed by atoms with E-state index in [4.69, 9.17) is 4.74 Å². The summed E-state index contributed by atoms with van der Waals surface area (Å²) >= 11 is 0. The number of likely N-dealkylation sites (tertiary alicyclic amines) is 1. The molecule has 2 fully saturated rings. The molecule has 0 spiro atoms. The standard InChI is InChI=1S/C15H29N3O2/c1-13(14(19)18-8-10-20-11-9-18)16-12-15(2)4-6-17(3)7-5-15/h13,16H,4-12H2,1-3H3. The maximum atomic E-state index is 12.3. The number of rotatable bonds is 4. The Balaban J connectivity index is 1.76. The molecular formula is C15H29N3O2. The fraction of sp³-hybridized carbons (Fsp3) is 0.933. The highest BCUT2D eigenvalue weighted by atomic mass is 16.5. The largest absolute Gasteiger partial charge is 0.378 e. The summed E-state index contributed by atoms with van der Waals surface area (Å²) in [6, 6.07) is -0.0930. The predicted octanol–water partition coefficient (Wildman–Crippen LogP) is 0.555. The Morgan fingerprint density at radius 2 is 1.85 bits per heavy atom. The number of morpholine rings is 1. The molecule has 5 heteroatoms. The first kappa shape index (κ1) is 15.7. The molecule has 1 unspecified atom stereocenters. The maximum Gasteiger partial charge on any atom is 0.239 e. The smallest absolute Gasteiger partial charge is 0.239 e. The highest BCUT2D eigenvalue weighted by Crippen LogP contribution is 2.29. The summed E-state index contributed by atoms with van der Waals surface area (Å²) in [6.07, 6.45) is 2.41. The first-order chi connectivity index (χ1) is 9.50. The monoisotopic (exact) mass is 283 g/mol. The van der Waals surface area contributed by atoms with Crippen LogP contribution in [0.3, 0.4) is 0 Å². The van der Waals surface area contributed by atoms with Crippen LogP contribution < -0.4 is 5.32 Å². The lowest BCUT2D eigenvalue weighted by Gasteiger charge is -2.39. The number of nitrogens with zero attached hydrogens (tertiary/aromatic N) is 2. The lowest BCUT2D eigenvalue weighted by atomic mass is 9.80. The molecule has 1 amide bonds. The van der Waals surface area contributed by atoms with Crippen molar-refractivity contribution in [1.29, 1.82) is 0 Å². The second-order valence-corrected chi connectivity index (χ2v) is 6.65. The van der Waals surface area contributed by atoms with Crippen LogP contribution in [0.2, 0.25) is 0 Å². The Hall–Kier alpha value is -0.650. The van der Waals surface area contributed by atoms with Gasteiger partial charge in [0.25, 0.3) is 0 Å². The lowest BCUT2D eigenvalue weighted by Crippen LogP contribution is -2.51. The number of hydrogen-bond donors (Lipinski definition) is 1. The van der Waals surface area contributed by atoms with Crippen LogP contribution in [0.1, 0.15) is 26.7 Å². The number of ether oxygens (including phenoxy) is 1. The molecule has 0 aromatic rings. The molecule has 0 bridgehead atoms. The highest BCUT2D eigenvalue weighted by molar-refractivity contribution is 5.81. The van der Waals surface area contributed by atoms with E-state index in [0.29, 0.717) is 18.6 Å². The summed E-state index contributed by atoms with van der Waals surface area (Å²) in [5.74, 6) is 0.213. The van der Waals surface area contributed by atoms with Crippen LogP contribution in [0.15, 0.2) is 0 Å². The molecule has 0 aromatic heterocycles. The minimum absolute atomic E-state index is 0.0930. The van der Waals surface area contributed by atoms with E-state index in [-0.39, 0.29) is 11.9 Å². The summed E-state index contributed by atoms with van der Waals surface area (Å²) in [7, 11) is 2.18. The van der Waals surface area contributed by atoms with E-state index in [1.165, 1.54) is 12.8 Å². The van der Waals surface area contributed by atoms with E-state index in [1.807, 2.05) is 11.8 Å². The van der Waals surface area contributed by atoms with E-state index in [0.717, 1.165) is 32.7 Å². The zero-order valence-electron chi connectivity index (χ0n) is 13.2. The van der Waals surface area contributed by atoms with Crippen LogP contribution >= 0.6 is 0 Å². The van der Waals surface area contributed by atoms with E-state index in [1.54, 1.807) is 0 Å². The first-order valence-electron chi connectivity index (χ1n) is 7.79. The van der Waals surface area contributed by atoms with Gasteiger partial charge in [0, 0.05) is 19.6 Å². The van der Waals surface area contributed by atoms with Gasteiger partial charge in [-0.2, -0.15) is 0 Å². The molecule has 1 N–H and O–H groups in total. The van der Waals surface area contributed by atoms with Crippen molar-refractivity contribution in [3.63, 3.8) is 0 Å². The van der Waals surface area contributed by atoms with Crippen molar-refractivity contribution >= 4 is 5.91 Å². The number of nitrogens with one attached hydrogen (secondary N) is 1.